The number of nitrogens with zero attached hydrogens (tertiary/aromatic N) is 1. The summed E-state index contributed by atoms with van der Waals surface area (Å²) in [4.78, 5) is 30.5. The van der Waals surface area contributed by atoms with E-state index in [1.165, 1.54) is 0 Å². The summed E-state index contributed by atoms with van der Waals surface area (Å²) >= 11 is 7.44. The van der Waals surface area contributed by atoms with Crippen LogP contribution in [0.5, 0.6) is 0 Å². The first kappa shape index (κ1) is 18.9. The standard InChI is InChI=1S/C21H15ClN4O2S/c22-13-5-3-6-14(11-13)23-21(28)26-25-20(27)16-12-18(19-9-4-10-29-19)24-17-8-2-1-7-15(16)17/h1-12H,(H,25,27)(H2,23,26,28). The van der Waals surface area contributed by atoms with E-state index in [9.17, 15) is 9.59 Å². The molecule has 0 atom stereocenters. The van der Waals surface area contributed by atoms with Crippen LogP contribution in [0, 0.1) is 0 Å². The summed E-state index contributed by atoms with van der Waals surface area (Å²) < 4.78 is 0. The smallest absolute Gasteiger partial charge is 0.307 e. The fourth-order valence-electron chi connectivity index (χ4n) is 2.82. The Morgan fingerprint density at radius 2 is 1.79 bits per heavy atom. The van der Waals surface area contributed by atoms with Crippen LogP contribution in [0.25, 0.3) is 21.5 Å². The van der Waals surface area contributed by atoms with Gasteiger partial charge in [-0.05, 0) is 41.8 Å². The number of hydrogen-bond donors (Lipinski definition) is 3. The van der Waals surface area contributed by atoms with Gasteiger partial charge in [-0.1, -0.05) is 41.9 Å². The molecular weight excluding hydrogens is 408 g/mol. The highest BCUT2D eigenvalue weighted by Crippen LogP contribution is 2.27. The van der Waals surface area contributed by atoms with Gasteiger partial charge in [0.05, 0.1) is 21.7 Å². The summed E-state index contributed by atoms with van der Waals surface area (Å²) in [6.07, 6.45) is 0. The number of para-hydroxylation sites is 1. The van der Waals surface area contributed by atoms with Gasteiger partial charge >= 0.3 is 6.03 Å². The molecule has 3 amide bonds. The summed E-state index contributed by atoms with van der Waals surface area (Å²) in [5, 5.41) is 5.75. The maximum absolute atomic E-state index is 12.8. The molecule has 0 aliphatic rings. The topological polar surface area (TPSA) is 83.1 Å². The molecule has 0 aliphatic carbocycles. The number of pyridine rings is 1. The number of hydrazine groups is 1. The number of hydrogen-bond acceptors (Lipinski definition) is 4. The van der Waals surface area contributed by atoms with E-state index in [0.717, 1.165) is 4.88 Å². The SMILES string of the molecule is O=C(NNC(=O)c1cc(-c2cccs2)nc2ccccc12)Nc1cccc(Cl)c1. The molecule has 0 bridgehead atoms. The quantitative estimate of drug-likeness (QED) is 0.402. The molecule has 2 aromatic carbocycles. The lowest BCUT2D eigenvalue weighted by molar-refractivity contribution is 0.0939. The van der Waals surface area contributed by atoms with Crippen LogP contribution in [-0.4, -0.2) is 16.9 Å². The van der Waals surface area contributed by atoms with Crippen molar-refractivity contribution in [2.75, 3.05) is 5.32 Å². The number of thiophene rings is 1. The van der Waals surface area contributed by atoms with Gasteiger partial charge in [0.2, 0.25) is 0 Å². The van der Waals surface area contributed by atoms with Crippen molar-refractivity contribution in [3.63, 3.8) is 0 Å². The van der Waals surface area contributed by atoms with Crippen molar-refractivity contribution in [1.82, 2.24) is 15.8 Å². The van der Waals surface area contributed by atoms with Gasteiger partial charge in [0.1, 0.15) is 0 Å². The minimum atomic E-state index is -0.586. The summed E-state index contributed by atoms with van der Waals surface area (Å²) in [6, 6.07) is 19.1. The third-order valence-electron chi connectivity index (χ3n) is 4.11. The highest BCUT2D eigenvalue weighted by Gasteiger charge is 2.15. The molecule has 8 heteroatoms. The van der Waals surface area contributed by atoms with Gasteiger partial charge < -0.3 is 5.32 Å². The first-order chi connectivity index (χ1) is 14.1. The van der Waals surface area contributed by atoms with Crippen molar-refractivity contribution in [2.24, 2.45) is 0 Å². The van der Waals surface area contributed by atoms with E-state index in [1.54, 1.807) is 41.7 Å². The molecular formula is C21H15ClN4O2S. The van der Waals surface area contributed by atoms with E-state index >= 15 is 0 Å². The molecule has 0 unspecified atom stereocenters. The van der Waals surface area contributed by atoms with E-state index in [1.807, 2.05) is 41.8 Å². The lowest BCUT2D eigenvalue weighted by Gasteiger charge is -2.11. The summed E-state index contributed by atoms with van der Waals surface area (Å²) in [5.41, 5.74) is 7.13. The number of benzene rings is 2. The predicted octanol–water partition coefficient (Wildman–Crippen LogP) is 5.08. The zero-order valence-electron chi connectivity index (χ0n) is 15.0. The van der Waals surface area contributed by atoms with Crippen LogP contribution in [0.15, 0.2) is 72.1 Å². The van der Waals surface area contributed by atoms with Crippen molar-refractivity contribution in [3.05, 3.63) is 82.7 Å². The second kappa shape index (κ2) is 8.30. The van der Waals surface area contributed by atoms with Crippen molar-refractivity contribution >= 4 is 51.5 Å². The Hall–Kier alpha value is -3.42. The zero-order chi connectivity index (χ0) is 20.2. The van der Waals surface area contributed by atoms with E-state index in [0.29, 0.717) is 32.9 Å². The minimum absolute atomic E-state index is 0.419. The van der Waals surface area contributed by atoms with E-state index < -0.39 is 11.9 Å². The molecule has 3 N–H and O–H groups in total. The zero-order valence-corrected chi connectivity index (χ0v) is 16.6. The van der Waals surface area contributed by atoms with Crippen LogP contribution >= 0.6 is 22.9 Å². The van der Waals surface area contributed by atoms with Crippen molar-refractivity contribution < 1.29 is 9.59 Å². The molecule has 0 fully saturated rings. The second-order valence-corrected chi connectivity index (χ2v) is 7.48. The van der Waals surface area contributed by atoms with E-state index in [2.05, 4.69) is 21.2 Å². The molecule has 2 aromatic heterocycles. The first-order valence-electron chi connectivity index (χ1n) is 8.67. The van der Waals surface area contributed by atoms with Crippen LogP contribution in [0.4, 0.5) is 10.5 Å². The van der Waals surface area contributed by atoms with Crippen molar-refractivity contribution in [2.45, 2.75) is 0 Å². The number of aromatic nitrogens is 1. The van der Waals surface area contributed by atoms with Crippen molar-refractivity contribution in [1.29, 1.82) is 0 Å². The Bertz CT molecular complexity index is 1190. The Kier molecular flexibility index (Phi) is 5.41. The van der Waals surface area contributed by atoms with Crippen LogP contribution in [0.1, 0.15) is 10.4 Å². The maximum atomic E-state index is 12.8. The highest BCUT2D eigenvalue weighted by atomic mass is 35.5. The fraction of sp³-hybridized carbons (Fsp3) is 0. The predicted molar refractivity (Wildman–Crippen MR) is 116 cm³/mol. The van der Waals surface area contributed by atoms with Gasteiger partial charge in [0, 0.05) is 16.1 Å². The number of anilines is 1. The molecule has 0 aliphatic heterocycles. The van der Waals surface area contributed by atoms with Crippen LogP contribution in [-0.2, 0) is 0 Å². The third-order valence-corrected chi connectivity index (χ3v) is 5.23. The number of nitrogens with one attached hydrogen (secondary N) is 3. The lowest BCUT2D eigenvalue weighted by atomic mass is 10.1. The Labute approximate surface area is 175 Å². The summed E-state index contributed by atoms with van der Waals surface area (Å²) in [6.45, 7) is 0. The largest absolute Gasteiger partial charge is 0.337 e. The number of urea groups is 1. The van der Waals surface area contributed by atoms with Crippen LogP contribution < -0.4 is 16.2 Å². The average Bonchev–Trinajstić information content (AvgIpc) is 3.26. The van der Waals surface area contributed by atoms with E-state index in [-0.39, 0.29) is 0 Å². The minimum Gasteiger partial charge on any atom is -0.307 e. The Morgan fingerprint density at radius 3 is 2.59 bits per heavy atom. The molecule has 0 spiro atoms. The molecule has 6 nitrogen and oxygen atoms in total. The molecule has 0 saturated heterocycles. The number of rotatable bonds is 3. The summed E-state index contributed by atoms with van der Waals surface area (Å²) in [5.74, 6) is -0.442. The molecule has 29 heavy (non-hydrogen) atoms. The normalized spacial score (nSPS) is 10.5. The molecule has 0 saturated carbocycles. The van der Waals surface area contributed by atoms with Gasteiger partial charge in [-0.3, -0.25) is 10.2 Å². The number of carbonyl (C=O) groups is 2. The number of amides is 3. The molecule has 144 valence electrons. The van der Waals surface area contributed by atoms with E-state index in [4.69, 9.17) is 11.6 Å². The first-order valence-corrected chi connectivity index (χ1v) is 9.92. The summed E-state index contributed by atoms with van der Waals surface area (Å²) in [7, 11) is 0. The van der Waals surface area contributed by atoms with Gasteiger partial charge in [-0.2, -0.15) is 0 Å². The monoisotopic (exact) mass is 422 g/mol. The lowest BCUT2D eigenvalue weighted by Crippen LogP contribution is -2.44. The van der Waals surface area contributed by atoms with Crippen LogP contribution in [0.2, 0.25) is 5.02 Å². The molecule has 0 radical (unpaired) electrons. The molecule has 2 heterocycles. The van der Waals surface area contributed by atoms with Crippen molar-refractivity contribution in [3.8, 4) is 10.6 Å². The average molecular weight is 423 g/mol. The third kappa shape index (κ3) is 4.37. The van der Waals surface area contributed by atoms with Crippen LogP contribution in [0.3, 0.4) is 0 Å². The van der Waals surface area contributed by atoms with Gasteiger partial charge in [0.25, 0.3) is 5.91 Å². The fourth-order valence-corrected chi connectivity index (χ4v) is 3.70. The Balaban J connectivity index is 1.54. The Morgan fingerprint density at radius 1 is 0.931 bits per heavy atom. The number of halogens is 1. The van der Waals surface area contributed by atoms with Gasteiger partial charge in [-0.15, -0.1) is 11.3 Å². The molecule has 4 rings (SSSR count). The van der Waals surface area contributed by atoms with Gasteiger partial charge in [-0.25, -0.2) is 15.2 Å². The number of carbonyl (C=O) groups excluding carboxylic acids is 2. The number of fused-ring (bicyclic) bond motifs is 1. The molecule has 4 aromatic rings. The highest BCUT2D eigenvalue weighted by molar-refractivity contribution is 7.13. The maximum Gasteiger partial charge on any atom is 0.337 e. The van der Waals surface area contributed by atoms with Gasteiger partial charge in [0.15, 0.2) is 0 Å². The second-order valence-electron chi connectivity index (χ2n) is 6.09.